The van der Waals surface area contributed by atoms with Crippen LogP contribution in [-0.4, -0.2) is 37.5 Å². The number of unbranched alkanes of at least 4 members (excludes halogenated alkanes) is 1. The molecule has 0 saturated carbocycles. The lowest BCUT2D eigenvalue weighted by atomic mass is 9.56. The topological polar surface area (TPSA) is 92.4 Å². The Bertz CT molecular complexity index is 957. The molecule has 0 unspecified atom stereocenters. The number of imidazole rings is 1. The molecule has 188 valence electrons. The van der Waals surface area contributed by atoms with Gasteiger partial charge in [-0.3, -0.25) is 9.59 Å². The Kier molecular flexibility index (Phi) is 10.5. The Morgan fingerprint density at radius 3 is 2.24 bits per heavy atom. The third-order valence-corrected chi connectivity index (χ3v) is 8.63. The highest BCUT2D eigenvalue weighted by atomic mass is 35.5. The van der Waals surface area contributed by atoms with Crippen molar-refractivity contribution < 1.29 is 19.8 Å². The first-order valence-corrected chi connectivity index (χ1v) is 13.5. The van der Waals surface area contributed by atoms with Crippen LogP contribution >= 0.6 is 23.4 Å². The summed E-state index contributed by atoms with van der Waals surface area (Å²) < 4.78 is 1.94. The Labute approximate surface area is 212 Å². The van der Waals surface area contributed by atoms with Gasteiger partial charge in [0.2, 0.25) is 0 Å². The SMILES string of the molecule is CCCCC(CC)(CC)C(Cc1cnc(SCCC)n1Cc1ccccc1Cl)(C(=O)O)C(=O)O. The van der Waals surface area contributed by atoms with Crippen LogP contribution in [0.1, 0.15) is 77.5 Å². The van der Waals surface area contributed by atoms with Gasteiger partial charge in [0, 0.05) is 29.1 Å². The van der Waals surface area contributed by atoms with E-state index in [0.29, 0.717) is 36.5 Å². The molecule has 1 aromatic carbocycles. The first-order chi connectivity index (χ1) is 16.2. The van der Waals surface area contributed by atoms with Crippen LogP contribution in [0.5, 0.6) is 0 Å². The largest absolute Gasteiger partial charge is 0.480 e. The fourth-order valence-corrected chi connectivity index (χ4v) is 5.95. The van der Waals surface area contributed by atoms with Crippen LogP contribution in [0.15, 0.2) is 35.6 Å². The Morgan fingerprint density at radius 1 is 1.06 bits per heavy atom. The number of hydrogen-bond donors (Lipinski definition) is 2. The summed E-state index contributed by atoms with van der Waals surface area (Å²) in [5, 5.41) is 22.3. The van der Waals surface area contributed by atoms with Crippen LogP contribution in [-0.2, 0) is 22.6 Å². The normalized spacial score (nSPS) is 12.1. The molecule has 0 aliphatic heterocycles. The summed E-state index contributed by atoms with van der Waals surface area (Å²) in [4.78, 5) is 30.3. The molecule has 0 saturated heterocycles. The summed E-state index contributed by atoms with van der Waals surface area (Å²) in [6.07, 6.45) is 5.61. The van der Waals surface area contributed by atoms with Crippen molar-refractivity contribution in [1.82, 2.24) is 9.55 Å². The van der Waals surface area contributed by atoms with E-state index in [-0.39, 0.29) is 6.42 Å². The minimum atomic E-state index is -1.96. The zero-order valence-corrected chi connectivity index (χ0v) is 22.2. The van der Waals surface area contributed by atoms with E-state index < -0.39 is 22.8 Å². The highest BCUT2D eigenvalue weighted by Crippen LogP contribution is 2.51. The van der Waals surface area contributed by atoms with Crippen molar-refractivity contribution in [2.24, 2.45) is 10.8 Å². The van der Waals surface area contributed by atoms with E-state index in [1.165, 1.54) is 0 Å². The van der Waals surface area contributed by atoms with Gasteiger partial charge in [-0.15, -0.1) is 0 Å². The summed E-state index contributed by atoms with van der Waals surface area (Å²) in [6.45, 7) is 8.33. The quantitative estimate of drug-likeness (QED) is 0.203. The molecule has 0 fully saturated rings. The van der Waals surface area contributed by atoms with Crippen LogP contribution in [0.4, 0.5) is 0 Å². The molecule has 0 amide bonds. The van der Waals surface area contributed by atoms with Gasteiger partial charge >= 0.3 is 11.9 Å². The number of aliphatic carboxylic acids is 2. The Morgan fingerprint density at radius 2 is 1.71 bits per heavy atom. The van der Waals surface area contributed by atoms with Crippen molar-refractivity contribution in [2.75, 3.05) is 5.75 Å². The maximum Gasteiger partial charge on any atom is 0.322 e. The van der Waals surface area contributed by atoms with Gasteiger partial charge in [-0.1, -0.05) is 82.1 Å². The second-order valence-electron chi connectivity index (χ2n) is 8.84. The van der Waals surface area contributed by atoms with E-state index in [9.17, 15) is 19.8 Å². The summed E-state index contributed by atoms with van der Waals surface area (Å²) in [5.74, 6) is -1.71. The molecule has 0 bridgehead atoms. The summed E-state index contributed by atoms with van der Waals surface area (Å²) >= 11 is 8.01. The molecule has 0 spiro atoms. The number of halogens is 1. The summed E-state index contributed by atoms with van der Waals surface area (Å²) in [5.41, 5.74) is -1.36. The molecule has 6 nitrogen and oxygen atoms in total. The van der Waals surface area contributed by atoms with Crippen LogP contribution in [0.2, 0.25) is 5.02 Å². The molecule has 0 atom stereocenters. The number of thioether (sulfide) groups is 1. The van der Waals surface area contributed by atoms with Crippen molar-refractivity contribution in [3.63, 3.8) is 0 Å². The predicted octanol–water partition coefficient (Wildman–Crippen LogP) is 6.78. The minimum absolute atomic E-state index is 0.132. The van der Waals surface area contributed by atoms with Crippen LogP contribution in [0, 0.1) is 10.8 Å². The van der Waals surface area contributed by atoms with Crippen molar-refractivity contribution >= 4 is 35.3 Å². The van der Waals surface area contributed by atoms with E-state index in [1.54, 1.807) is 18.0 Å². The molecule has 34 heavy (non-hydrogen) atoms. The average Bonchev–Trinajstić information content (AvgIpc) is 3.19. The molecule has 2 aromatic rings. The molecule has 2 N–H and O–H groups in total. The number of benzene rings is 1. The zero-order valence-electron chi connectivity index (χ0n) is 20.6. The molecule has 8 heteroatoms. The number of carboxylic acids is 2. The van der Waals surface area contributed by atoms with Gasteiger partial charge in [-0.25, -0.2) is 4.98 Å². The van der Waals surface area contributed by atoms with Crippen molar-refractivity contribution in [3.8, 4) is 0 Å². The van der Waals surface area contributed by atoms with E-state index in [4.69, 9.17) is 11.6 Å². The first kappa shape index (κ1) is 28.2. The molecular formula is C26H37ClN2O4S. The van der Waals surface area contributed by atoms with Crippen molar-refractivity contribution in [1.29, 1.82) is 0 Å². The van der Waals surface area contributed by atoms with Gasteiger partial charge in [0.25, 0.3) is 0 Å². The minimum Gasteiger partial charge on any atom is -0.480 e. The van der Waals surface area contributed by atoms with Gasteiger partial charge in [-0.05, 0) is 42.7 Å². The Balaban J connectivity index is 2.66. The maximum absolute atomic E-state index is 12.9. The highest BCUT2D eigenvalue weighted by molar-refractivity contribution is 7.99. The van der Waals surface area contributed by atoms with Gasteiger partial charge in [0.1, 0.15) is 0 Å². The monoisotopic (exact) mass is 508 g/mol. The zero-order chi connectivity index (χ0) is 25.4. The lowest BCUT2D eigenvalue weighted by Gasteiger charge is -2.45. The highest BCUT2D eigenvalue weighted by Gasteiger charge is 2.60. The van der Waals surface area contributed by atoms with Crippen molar-refractivity contribution in [2.45, 2.75) is 84.3 Å². The Hall–Kier alpha value is -1.99. The van der Waals surface area contributed by atoms with Crippen LogP contribution in [0.3, 0.4) is 0 Å². The number of rotatable bonds is 15. The number of carbonyl (C=O) groups is 2. The van der Waals surface area contributed by atoms with Crippen LogP contribution in [0.25, 0.3) is 0 Å². The van der Waals surface area contributed by atoms with Crippen molar-refractivity contribution in [3.05, 3.63) is 46.7 Å². The second kappa shape index (κ2) is 12.6. The molecule has 0 radical (unpaired) electrons. The predicted molar refractivity (Wildman–Crippen MR) is 138 cm³/mol. The molecule has 0 aliphatic carbocycles. The summed E-state index contributed by atoms with van der Waals surface area (Å²) in [7, 11) is 0. The van der Waals surface area contributed by atoms with E-state index in [1.807, 2.05) is 49.6 Å². The fourth-order valence-electron chi connectivity index (χ4n) is 4.90. The molecular weight excluding hydrogens is 472 g/mol. The average molecular weight is 509 g/mol. The lowest BCUT2D eigenvalue weighted by Crippen LogP contribution is -2.55. The third-order valence-electron chi connectivity index (χ3n) is 7.07. The standard InChI is InChI=1S/C26H37ClN2O4S/c1-5-9-14-25(7-3,8-4)26(22(30)31,23(32)33)16-20-17-28-24(34-15-6-2)29(20)18-19-12-10-11-13-21(19)27/h10-13,17H,5-9,14-16,18H2,1-4H3,(H,30,31)(H,32,33). The molecule has 2 rings (SSSR count). The second-order valence-corrected chi connectivity index (χ2v) is 10.3. The number of nitrogens with zero attached hydrogens (tertiary/aromatic N) is 2. The molecule has 1 heterocycles. The molecule has 0 aliphatic rings. The fraction of sp³-hybridized carbons (Fsp3) is 0.577. The van der Waals surface area contributed by atoms with Gasteiger partial charge in [0.05, 0.1) is 6.54 Å². The van der Waals surface area contributed by atoms with Gasteiger partial charge in [-0.2, -0.15) is 0 Å². The van der Waals surface area contributed by atoms with E-state index in [0.717, 1.165) is 35.7 Å². The van der Waals surface area contributed by atoms with Crippen LogP contribution < -0.4 is 0 Å². The number of hydrogen-bond acceptors (Lipinski definition) is 4. The first-order valence-electron chi connectivity index (χ1n) is 12.1. The smallest absolute Gasteiger partial charge is 0.322 e. The van der Waals surface area contributed by atoms with Gasteiger partial charge in [0.15, 0.2) is 10.6 Å². The third kappa shape index (κ3) is 5.62. The van der Waals surface area contributed by atoms with Gasteiger partial charge < -0.3 is 14.8 Å². The summed E-state index contributed by atoms with van der Waals surface area (Å²) in [6, 6.07) is 7.50. The maximum atomic E-state index is 12.9. The number of carboxylic acid groups (broad SMARTS) is 2. The van der Waals surface area contributed by atoms with E-state index >= 15 is 0 Å². The molecule has 1 aromatic heterocycles. The van der Waals surface area contributed by atoms with E-state index in [2.05, 4.69) is 11.9 Å². The lowest BCUT2D eigenvalue weighted by molar-refractivity contribution is -0.178. The number of aromatic nitrogens is 2.